The van der Waals surface area contributed by atoms with Crippen molar-refractivity contribution in [3.05, 3.63) is 58.7 Å². The van der Waals surface area contributed by atoms with Crippen LogP contribution < -0.4 is 4.74 Å². The number of hydrogen-bond donors (Lipinski definition) is 0. The average Bonchev–Trinajstić information content (AvgIpc) is 2.44. The fourth-order valence-electron chi connectivity index (χ4n) is 1.92. The summed E-state index contributed by atoms with van der Waals surface area (Å²) < 4.78 is 6.75. The highest BCUT2D eigenvalue weighted by molar-refractivity contribution is 9.10. The highest BCUT2D eigenvalue weighted by Gasteiger charge is 2.09. The summed E-state index contributed by atoms with van der Waals surface area (Å²) in [6, 6.07) is 15.6. The number of rotatable bonds is 2. The van der Waals surface area contributed by atoms with E-state index in [1.807, 2.05) is 55.5 Å². The second-order valence-electron chi connectivity index (χ2n) is 4.17. The van der Waals surface area contributed by atoms with Crippen LogP contribution in [-0.2, 0) is 0 Å². The van der Waals surface area contributed by atoms with Crippen LogP contribution in [0.3, 0.4) is 0 Å². The molecule has 3 nitrogen and oxygen atoms in total. The third-order valence-electron chi connectivity index (χ3n) is 2.88. The van der Waals surface area contributed by atoms with Crippen molar-refractivity contribution in [2.45, 2.75) is 6.92 Å². The lowest BCUT2D eigenvalue weighted by molar-refractivity contribution is 0.458. The van der Waals surface area contributed by atoms with Gasteiger partial charge in [-0.15, -0.1) is 5.10 Å². The third kappa shape index (κ3) is 2.31. The smallest absolute Gasteiger partial charge is 0.246 e. The second-order valence-corrected chi connectivity index (χ2v) is 5.02. The Hall–Kier alpha value is -1.94. The van der Waals surface area contributed by atoms with E-state index < -0.39 is 0 Å². The van der Waals surface area contributed by atoms with Crippen LogP contribution in [0.1, 0.15) is 5.69 Å². The summed E-state index contributed by atoms with van der Waals surface area (Å²) in [4.78, 5) is 0. The van der Waals surface area contributed by atoms with Crippen molar-refractivity contribution < 1.29 is 4.74 Å². The maximum atomic E-state index is 5.86. The zero-order valence-electron chi connectivity index (χ0n) is 10.3. The third-order valence-corrected chi connectivity index (χ3v) is 3.54. The highest BCUT2D eigenvalue weighted by atomic mass is 79.9. The number of para-hydroxylation sites is 1. The van der Waals surface area contributed by atoms with Gasteiger partial charge in [0.25, 0.3) is 0 Å². The molecule has 0 bridgehead atoms. The number of ether oxygens (including phenoxy) is 1. The van der Waals surface area contributed by atoms with E-state index in [0.29, 0.717) is 5.88 Å². The van der Waals surface area contributed by atoms with E-state index in [4.69, 9.17) is 4.74 Å². The number of hydrogen-bond acceptors (Lipinski definition) is 3. The van der Waals surface area contributed by atoms with Gasteiger partial charge in [-0.3, -0.25) is 0 Å². The summed E-state index contributed by atoms with van der Waals surface area (Å²) in [5.74, 6) is 1.25. The number of halogens is 1. The molecule has 0 aliphatic heterocycles. The quantitative estimate of drug-likeness (QED) is 0.699. The van der Waals surface area contributed by atoms with Gasteiger partial charge in [0, 0.05) is 10.8 Å². The van der Waals surface area contributed by atoms with Crippen molar-refractivity contribution in [2.75, 3.05) is 0 Å². The first-order valence-corrected chi connectivity index (χ1v) is 6.69. The predicted octanol–water partition coefficient (Wildman–Crippen LogP) is 4.49. The van der Waals surface area contributed by atoms with E-state index in [1.165, 1.54) is 0 Å². The molecule has 3 aromatic rings. The standard InChI is InChI=1S/C15H11BrN2O/c1-10-11-6-2-3-7-12(11)15(18-17-10)19-14-9-5-4-8-13(14)16/h2-9H,1H3. The van der Waals surface area contributed by atoms with Crippen molar-refractivity contribution in [3.8, 4) is 11.6 Å². The Morgan fingerprint density at radius 3 is 2.37 bits per heavy atom. The van der Waals surface area contributed by atoms with Crippen LogP contribution in [-0.4, -0.2) is 10.2 Å². The molecule has 0 saturated carbocycles. The van der Waals surface area contributed by atoms with Gasteiger partial charge in [-0.2, -0.15) is 5.10 Å². The summed E-state index contributed by atoms with van der Waals surface area (Å²) in [5, 5.41) is 10.3. The van der Waals surface area contributed by atoms with Crippen molar-refractivity contribution in [3.63, 3.8) is 0 Å². The minimum atomic E-state index is 0.521. The maximum Gasteiger partial charge on any atom is 0.246 e. The first-order chi connectivity index (χ1) is 9.25. The van der Waals surface area contributed by atoms with Gasteiger partial charge < -0.3 is 4.74 Å². The fourth-order valence-corrected chi connectivity index (χ4v) is 2.29. The first-order valence-electron chi connectivity index (χ1n) is 5.90. The Morgan fingerprint density at radius 1 is 0.895 bits per heavy atom. The lowest BCUT2D eigenvalue weighted by Crippen LogP contribution is -1.95. The Morgan fingerprint density at radius 2 is 1.58 bits per heavy atom. The van der Waals surface area contributed by atoms with Crippen LogP contribution in [0, 0.1) is 6.92 Å². The van der Waals surface area contributed by atoms with Crippen LogP contribution in [0.4, 0.5) is 0 Å². The Kier molecular flexibility index (Phi) is 3.17. The molecule has 19 heavy (non-hydrogen) atoms. The molecule has 0 N–H and O–H groups in total. The van der Waals surface area contributed by atoms with Gasteiger partial charge in [0.05, 0.1) is 10.2 Å². The number of nitrogens with zero attached hydrogens (tertiary/aromatic N) is 2. The van der Waals surface area contributed by atoms with Gasteiger partial charge in [0.15, 0.2) is 0 Å². The summed E-state index contributed by atoms with van der Waals surface area (Å²) in [6.07, 6.45) is 0. The molecule has 4 heteroatoms. The van der Waals surface area contributed by atoms with E-state index in [1.54, 1.807) is 0 Å². The zero-order valence-corrected chi connectivity index (χ0v) is 11.9. The molecule has 0 aliphatic rings. The zero-order chi connectivity index (χ0) is 13.2. The lowest BCUT2D eigenvalue weighted by Gasteiger charge is -2.09. The van der Waals surface area contributed by atoms with Crippen LogP contribution in [0.25, 0.3) is 10.8 Å². The van der Waals surface area contributed by atoms with Gasteiger partial charge >= 0.3 is 0 Å². The number of benzene rings is 2. The number of fused-ring (bicyclic) bond motifs is 1. The van der Waals surface area contributed by atoms with Crippen LogP contribution in [0.5, 0.6) is 11.6 Å². The Balaban J connectivity index is 2.12. The molecular formula is C15H11BrN2O. The normalized spacial score (nSPS) is 10.6. The van der Waals surface area contributed by atoms with E-state index in [9.17, 15) is 0 Å². The Labute approximate surface area is 119 Å². The average molecular weight is 315 g/mol. The molecule has 2 aromatic carbocycles. The second kappa shape index (κ2) is 4.97. The molecule has 0 saturated heterocycles. The molecule has 0 aliphatic carbocycles. The summed E-state index contributed by atoms with van der Waals surface area (Å²) in [5.41, 5.74) is 0.898. The van der Waals surface area contributed by atoms with E-state index in [0.717, 1.165) is 26.7 Å². The molecule has 0 atom stereocenters. The summed E-state index contributed by atoms with van der Waals surface area (Å²) >= 11 is 3.46. The molecule has 3 rings (SSSR count). The first kappa shape index (κ1) is 12.1. The van der Waals surface area contributed by atoms with Crippen LogP contribution >= 0.6 is 15.9 Å². The molecule has 1 heterocycles. The monoisotopic (exact) mass is 314 g/mol. The van der Waals surface area contributed by atoms with Gasteiger partial charge in [-0.1, -0.05) is 30.3 Å². The van der Waals surface area contributed by atoms with Gasteiger partial charge in [-0.25, -0.2) is 0 Å². The highest BCUT2D eigenvalue weighted by Crippen LogP contribution is 2.32. The van der Waals surface area contributed by atoms with Crippen LogP contribution in [0.2, 0.25) is 0 Å². The molecule has 0 radical (unpaired) electrons. The lowest BCUT2D eigenvalue weighted by atomic mass is 10.1. The topological polar surface area (TPSA) is 35.0 Å². The maximum absolute atomic E-state index is 5.86. The van der Waals surface area contributed by atoms with Gasteiger partial charge in [-0.05, 0) is 41.1 Å². The van der Waals surface area contributed by atoms with E-state index >= 15 is 0 Å². The minimum absolute atomic E-state index is 0.521. The van der Waals surface area contributed by atoms with E-state index in [2.05, 4.69) is 26.1 Å². The molecule has 0 fully saturated rings. The van der Waals surface area contributed by atoms with Crippen molar-refractivity contribution >= 4 is 26.7 Å². The largest absolute Gasteiger partial charge is 0.436 e. The summed E-state index contributed by atoms with van der Waals surface area (Å²) in [7, 11) is 0. The molecular weight excluding hydrogens is 304 g/mol. The van der Waals surface area contributed by atoms with Crippen LogP contribution in [0.15, 0.2) is 53.0 Å². The van der Waals surface area contributed by atoms with Crippen molar-refractivity contribution in [1.82, 2.24) is 10.2 Å². The molecule has 1 aromatic heterocycles. The van der Waals surface area contributed by atoms with Crippen molar-refractivity contribution in [1.29, 1.82) is 0 Å². The molecule has 0 unspecified atom stereocenters. The van der Waals surface area contributed by atoms with E-state index in [-0.39, 0.29) is 0 Å². The minimum Gasteiger partial charge on any atom is -0.436 e. The van der Waals surface area contributed by atoms with Gasteiger partial charge in [0.2, 0.25) is 5.88 Å². The Bertz CT molecular complexity index is 743. The fraction of sp³-hybridized carbons (Fsp3) is 0.0667. The summed E-state index contributed by atoms with van der Waals surface area (Å²) in [6.45, 7) is 1.94. The molecule has 0 spiro atoms. The molecule has 0 amide bonds. The van der Waals surface area contributed by atoms with Crippen molar-refractivity contribution in [2.24, 2.45) is 0 Å². The molecule has 94 valence electrons. The number of aromatic nitrogens is 2. The predicted molar refractivity (Wildman–Crippen MR) is 78.5 cm³/mol. The number of aryl methyl sites for hydroxylation is 1. The van der Waals surface area contributed by atoms with Gasteiger partial charge in [0.1, 0.15) is 5.75 Å². The SMILES string of the molecule is Cc1nnc(Oc2ccccc2Br)c2ccccc12.